The highest BCUT2D eigenvalue weighted by Gasteiger charge is 2.21. The van der Waals surface area contributed by atoms with Crippen molar-refractivity contribution in [3.63, 3.8) is 0 Å². The summed E-state index contributed by atoms with van der Waals surface area (Å²) in [6.07, 6.45) is 2.22. The molecule has 15 heavy (non-hydrogen) atoms. The molecule has 84 valence electrons. The van der Waals surface area contributed by atoms with Crippen molar-refractivity contribution >= 4 is 27.5 Å². The summed E-state index contributed by atoms with van der Waals surface area (Å²) >= 11 is 9.68. The number of hydrogen-bond donors (Lipinski definition) is 0. The largest absolute Gasteiger partial charge is 0.0885 e. The third-order valence-electron chi connectivity index (χ3n) is 2.52. The Bertz CT molecular complexity index is 315. The Hall–Kier alpha value is -0.0100. The minimum Gasteiger partial charge on any atom is -0.0885 e. The van der Waals surface area contributed by atoms with E-state index in [9.17, 15) is 0 Å². The Labute approximate surface area is 106 Å². The molecule has 1 aromatic rings. The first-order chi connectivity index (χ1) is 6.89. The molecular formula is C13H18BrCl. The van der Waals surface area contributed by atoms with Crippen LogP contribution >= 0.6 is 27.5 Å². The van der Waals surface area contributed by atoms with Crippen LogP contribution in [0.3, 0.4) is 0 Å². The fourth-order valence-electron chi connectivity index (χ4n) is 1.42. The van der Waals surface area contributed by atoms with Crippen LogP contribution in [-0.4, -0.2) is 4.83 Å². The average molecular weight is 290 g/mol. The van der Waals surface area contributed by atoms with Gasteiger partial charge in [-0.05, 0) is 36.0 Å². The normalized spacial score (nSPS) is 13.9. The zero-order chi connectivity index (χ0) is 11.5. The van der Waals surface area contributed by atoms with Crippen LogP contribution in [-0.2, 0) is 6.42 Å². The van der Waals surface area contributed by atoms with Gasteiger partial charge >= 0.3 is 0 Å². The molecule has 0 amide bonds. The SMILES string of the molecule is CC(C)(C)C(Br)CCc1cccc(Cl)c1. The van der Waals surface area contributed by atoms with Crippen molar-refractivity contribution in [1.82, 2.24) is 0 Å². The molecule has 0 N–H and O–H groups in total. The van der Waals surface area contributed by atoms with Crippen LogP contribution in [0.2, 0.25) is 5.02 Å². The third-order valence-corrected chi connectivity index (χ3v) is 4.58. The van der Waals surface area contributed by atoms with Gasteiger partial charge in [-0.1, -0.05) is 60.4 Å². The van der Waals surface area contributed by atoms with Gasteiger partial charge in [0, 0.05) is 9.85 Å². The molecule has 0 fully saturated rings. The summed E-state index contributed by atoms with van der Waals surface area (Å²) in [5.74, 6) is 0. The minimum atomic E-state index is 0.318. The summed E-state index contributed by atoms with van der Waals surface area (Å²) in [7, 11) is 0. The molecule has 1 aromatic carbocycles. The van der Waals surface area contributed by atoms with Crippen LogP contribution in [0.4, 0.5) is 0 Å². The molecule has 1 unspecified atom stereocenters. The van der Waals surface area contributed by atoms with E-state index in [0.29, 0.717) is 10.2 Å². The highest BCUT2D eigenvalue weighted by molar-refractivity contribution is 9.09. The molecule has 0 bridgehead atoms. The molecule has 0 saturated carbocycles. The third kappa shape index (κ3) is 4.56. The number of rotatable bonds is 3. The minimum absolute atomic E-state index is 0.318. The van der Waals surface area contributed by atoms with Crippen LogP contribution in [0.1, 0.15) is 32.8 Å². The second-order valence-corrected chi connectivity index (χ2v) is 6.54. The summed E-state index contributed by atoms with van der Waals surface area (Å²) in [6.45, 7) is 6.76. The average Bonchev–Trinajstić information content (AvgIpc) is 2.12. The van der Waals surface area contributed by atoms with E-state index in [4.69, 9.17) is 11.6 Å². The Kier molecular flexibility index (Phi) is 4.66. The van der Waals surface area contributed by atoms with Crippen molar-refractivity contribution in [3.05, 3.63) is 34.9 Å². The maximum Gasteiger partial charge on any atom is 0.0408 e. The maximum atomic E-state index is 5.94. The molecule has 0 aliphatic carbocycles. The van der Waals surface area contributed by atoms with Crippen molar-refractivity contribution in [1.29, 1.82) is 0 Å². The van der Waals surface area contributed by atoms with Crippen molar-refractivity contribution < 1.29 is 0 Å². The van der Waals surface area contributed by atoms with Crippen molar-refractivity contribution in [2.24, 2.45) is 5.41 Å². The second kappa shape index (κ2) is 5.36. The molecule has 0 nitrogen and oxygen atoms in total. The van der Waals surface area contributed by atoms with Crippen LogP contribution in [0.5, 0.6) is 0 Å². The zero-order valence-corrected chi connectivity index (χ0v) is 11.9. The van der Waals surface area contributed by atoms with Gasteiger partial charge in [-0.25, -0.2) is 0 Å². The molecule has 0 spiro atoms. The Morgan fingerprint density at radius 2 is 2.00 bits per heavy atom. The Morgan fingerprint density at radius 1 is 1.33 bits per heavy atom. The fourth-order valence-corrected chi connectivity index (χ4v) is 1.86. The van der Waals surface area contributed by atoms with Gasteiger partial charge < -0.3 is 0 Å². The quantitative estimate of drug-likeness (QED) is 0.681. The van der Waals surface area contributed by atoms with Gasteiger partial charge in [-0.15, -0.1) is 0 Å². The smallest absolute Gasteiger partial charge is 0.0408 e. The van der Waals surface area contributed by atoms with Crippen LogP contribution < -0.4 is 0 Å². The number of aryl methyl sites for hydroxylation is 1. The predicted molar refractivity (Wildman–Crippen MR) is 71.9 cm³/mol. The van der Waals surface area contributed by atoms with E-state index in [0.717, 1.165) is 17.9 Å². The lowest BCUT2D eigenvalue weighted by atomic mass is 9.89. The molecular weight excluding hydrogens is 272 g/mol. The first-order valence-electron chi connectivity index (χ1n) is 5.28. The fraction of sp³-hybridized carbons (Fsp3) is 0.538. The van der Waals surface area contributed by atoms with Gasteiger partial charge in [-0.3, -0.25) is 0 Å². The molecule has 0 radical (unpaired) electrons. The predicted octanol–water partition coefficient (Wildman–Crippen LogP) is 5.08. The molecule has 0 saturated heterocycles. The van der Waals surface area contributed by atoms with Gasteiger partial charge in [0.2, 0.25) is 0 Å². The zero-order valence-electron chi connectivity index (χ0n) is 9.56. The van der Waals surface area contributed by atoms with E-state index in [1.165, 1.54) is 5.56 Å². The first-order valence-corrected chi connectivity index (χ1v) is 6.57. The lowest BCUT2D eigenvalue weighted by Gasteiger charge is -2.25. The number of alkyl halides is 1. The van der Waals surface area contributed by atoms with Crippen molar-refractivity contribution in [3.8, 4) is 0 Å². The molecule has 0 aromatic heterocycles. The maximum absolute atomic E-state index is 5.94. The van der Waals surface area contributed by atoms with E-state index < -0.39 is 0 Å². The van der Waals surface area contributed by atoms with Gasteiger partial charge in [0.05, 0.1) is 0 Å². The summed E-state index contributed by atoms with van der Waals surface area (Å²) in [5, 5.41) is 0.828. The van der Waals surface area contributed by atoms with Crippen LogP contribution in [0, 0.1) is 5.41 Å². The lowest BCUT2D eigenvalue weighted by molar-refractivity contribution is 0.386. The summed E-state index contributed by atoms with van der Waals surface area (Å²) in [6, 6.07) is 8.11. The van der Waals surface area contributed by atoms with Gasteiger partial charge in [0.25, 0.3) is 0 Å². The molecule has 0 aliphatic heterocycles. The van der Waals surface area contributed by atoms with Crippen LogP contribution in [0.25, 0.3) is 0 Å². The van der Waals surface area contributed by atoms with Crippen LogP contribution in [0.15, 0.2) is 24.3 Å². The number of benzene rings is 1. The summed E-state index contributed by atoms with van der Waals surface area (Å²) in [5.41, 5.74) is 1.63. The van der Waals surface area contributed by atoms with E-state index in [2.05, 4.69) is 42.8 Å². The second-order valence-electron chi connectivity index (χ2n) is 5.00. The van der Waals surface area contributed by atoms with E-state index in [1.807, 2.05) is 18.2 Å². The molecule has 1 atom stereocenters. The van der Waals surface area contributed by atoms with Crippen molar-refractivity contribution in [2.45, 2.75) is 38.4 Å². The molecule has 0 aliphatic rings. The van der Waals surface area contributed by atoms with E-state index in [-0.39, 0.29) is 0 Å². The van der Waals surface area contributed by atoms with Gasteiger partial charge in [0.15, 0.2) is 0 Å². The van der Waals surface area contributed by atoms with E-state index in [1.54, 1.807) is 0 Å². The lowest BCUT2D eigenvalue weighted by Crippen LogP contribution is -2.20. The summed E-state index contributed by atoms with van der Waals surface area (Å²) < 4.78 is 0. The Balaban J connectivity index is 2.51. The first kappa shape index (κ1) is 13.1. The van der Waals surface area contributed by atoms with Gasteiger partial charge in [-0.2, -0.15) is 0 Å². The molecule has 1 rings (SSSR count). The number of halogens is 2. The monoisotopic (exact) mass is 288 g/mol. The standard InChI is InChI=1S/C13H18BrCl/c1-13(2,3)12(14)8-7-10-5-4-6-11(15)9-10/h4-6,9,12H,7-8H2,1-3H3. The topological polar surface area (TPSA) is 0 Å². The van der Waals surface area contributed by atoms with E-state index >= 15 is 0 Å². The summed E-state index contributed by atoms with van der Waals surface area (Å²) in [4.78, 5) is 0.545. The molecule has 0 heterocycles. The highest BCUT2D eigenvalue weighted by atomic mass is 79.9. The van der Waals surface area contributed by atoms with Gasteiger partial charge in [0.1, 0.15) is 0 Å². The highest BCUT2D eigenvalue weighted by Crippen LogP contribution is 2.29. The van der Waals surface area contributed by atoms with Crippen molar-refractivity contribution in [2.75, 3.05) is 0 Å². The molecule has 2 heteroatoms. The number of hydrogen-bond acceptors (Lipinski definition) is 0. The Morgan fingerprint density at radius 3 is 2.53 bits per heavy atom.